The van der Waals surface area contributed by atoms with Crippen molar-refractivity contribution < 1.29 is 24.0 Å². The summed E-state index contributed by atoms with van der Waals surface area (Å²) in [6, 6.07) is -0.170. The van der Waals surface area contributed by atoms with Crippen LogP contribution in [0.1, 0.15) is 50.7 Å². The zero-order valence-corrected chi connectivity index (χ0v) is 12.3. The van der Waals surface area contributed by atoms with Crippen molar-refractivity contribution in [3.63, 3.8) is 0 Å². The summed E-state index contributed by atoms with van der Waals surface area (Å²) in [4.78, 5) is 24.5. The number of carbonyl (C=O) groups excluding carboxylic acids is 1. The molecule has 0 aliphatic heterocycles. The van der Waals surface area contributed by atoms with E-state index in [9.17, 15) is 9.59 Å². The number of aromatic carboxylic acids is 1. The van der Waals surface area contributed by atoms with Gasteiger partial charge in [0, 0.05) is 6.04 Å². The number of hydrogen-bond donors (Lipinski definition) is 1. The van der Waals surface area contributed by atoms with Crippen molar-refractivity contribution in [1.82, 2.24) is 10.1 Å². The van der Waals surface area contributed by atoms with Gasteiger partial charge in [-0.25, -0.2) is 9.59 Å². The SMILES string of the molecule is CC(C)N(Cc1oncc1C(=O)O)C(=O)OC(C)(C)C. The third-order valence-corrected chi connectivity index (χ3v) is 2.44. The van der Waals surface area contributed by atoms with Crippen LogP contribution < -0.4 is 0 Å². The van der Waals surface area contributed by atoms with Gasteiger partial charge < -0.3 is 14.4 Å². The molecule has 0 aromatic carbocycles. The number of nitrogens with zero attached hydrogens (tertiary/aromatic N) is 2. The van der Waals surface area contributed by atoms with Crippen LogP contribution in [0, 0.1) is 0 Å². The number of carboxylic acids is 1. The zero-order chi connectivity index (χ0) is 15.5. The second kappa shape index (κ2) is 5.94. The Morgan fingerprint density at radius 3 is 2.50 bits per heavy atom. The van der Waals surface area contributed by atoms with Crippen LogP contribution in [0.15, 0.2) is 10.7 Å². The molecule has 0 radical (unpaired) electrons. The van der Waals surface area contributed by atoms with E-state index in [1.807, 2.05) is 0 Å². The zero-order valence-electron chi connectivity index (χ0n) is 12.3. The monoisotopic (exact) mass is 284 g/mol. The smallest absolute Gasteiger partial charge is 0.410 e. The molecule has 0 saturated carbocycles. The van der Waals surface area contributed by atoms with Gasteiger partial charge in [-0.2, -0.15) is 0 Å². The van der Waals surface area contributed by atoms with Gasteiger partial charge >= 0.3 is 12.1 Å². The van der Waals surface area contributed by atoms with E-state index in [0.29, 0.717) is 0 Å². The van der Waals surface area contributed by atoms with Crippen molar-refractivity contribution in [2.24, 2.45) is 0 Å². The Morgan fingerprint density at radius 1 is 1.45 bits per heavy atom. The predicted octanol–water partition coefficient (Wildman–Crippen LogP) is 2.52. The van der Waals surface area contributed by atoms with Gasteiger partial charge in [0.2, 0.25) is 0 Å². The molecular formula is C13H20N2O5. The van der Waals surface area contributed by atoms with Crippen molar-refractivity contribution in [2.45, 2.75) is 52.8 Å². The van der Waals surface area contributed by atoms with Crippen LogP contribution in [0.2, 0.25) is 0 Å². The molecular weight excluding hydrogens is 264 g/mol. The summed E-state index contributed by atoms with van der Waals surface area (Å²) in [5.74, 6) is -1.02. The molecule has 0 spiro atoms. The summed E-state index contributed by atoms with van der Waals surface area (Å²) < 4.78 is 10.2. The molecule has 0 atom stereocenters. The van der Waals surface area contributed by atoms with Crippen molar-refractivity contribution in [3.05, 3.63) is 17.5 Å². The Bertz CT molecular complexity index is 487. The topological polar surface area (TPSA) is 92.9 Å². The van der Waals surface area contributed by atoms with E-state index in [4.69, 9.17) is 14.4 Å². The molecule has 0 unspecified atom stereocenters. The van der Waals surface area contributed by atoms with Crippen molar-refractivity contribution in [2.75, 3.05) is 0 Å². The summed E-state index contributed by atoms with van der Waals surface area (Å²) in [5.41, 5.74) is -0.680. The molecule has 112 valence electrons. The lowest BCUT2D eigenvalue weighted by atomic mass is 10.2. The lowest BCUT2D eigenvalue weighted by Gasteiger charge is -2.29. The largest absolute Gasteiger partial charge is 0.478 e. The highest BCUT2D eigenvalue weighted by molar-refractivity contribution is 5.88. The molecule has 1 rings (SSSR count). The van der Waals surface area contributed by atoms with Gasteiger partial charge in [0.1, 0.15) is 11.2 Å². The lowest BCUT2D eigenvalue weighted by Crippen LogP contribution is -2.40. The van der Waals surface area contributed by atoms with Gasteiger partial charge in [-0.3, -0.25) is 4.90 Å². The van der Waals surface area contributed by atoms with Crippen LogP contribution in [0.3, 0.4) is 0 Å². The van der Waals surface area contributed by atoms with Gasteiger partial charge in [0.25, 0.3) is 0 Å². The van der Waals surface area contributed by atoms with Crippen LogP contribution in [0.4, 0.5) is 4.79 Å². The molecule has 1 N–H and O–H groups in total. The first kappa shape index (κ1) is 16.0. The highest BCUT2D eigenvalue weighted by atomic mass is 16.6. The first-order chi connectivity index (χ1) is 9.11. The Kier molecular flexibility index (Phi) is 4.75. The number of ether oxygens (including phenoxy) is 1. The number of carboxylic acid groups (broad SMARTS) is 1. The van der Waals surface area contributed by atoms with E-state index in [0.717, 1.165) is 6.20 Å². The van der Waals surface area contributed by atoms with Gasteiger partial charge in [-0.05, 0) is 34.6 Å². The molecule has 7 nitrogen and oxygen atoms in total. The second-order valence-electron chi connectivity index (χ2n) is 5.67. The summed E-state index contributed by atoms with van der Waals surface area (Å²) in [5, 5.41) is 12.5. The van der Waals surface area contributed by atoms with Crippen molar-refractivity contribution >= 4 is 12.1 Å². The fourth-order valence-corrected chi connectivity index (χ4v) is 1.49. The maximum atomic E-state index is 12.1. The average molecular weight is 284 g/mol. The van der Waals surface area contributed by atoms with Crippen LogP contribution in [-0.2, 0) is 11.3 Å². The van der Waals surface area contributed by atoms with Gasteiger partial charge in [0.15, 0.2) is 5.76 Å². The fraction of sp³-hybridized carbons (Fsp3) is 0.615. The predicted molar refractivity (Wildman–Crippen MR) is 70.4 cm³/mol. The number of hydrogen-bond acceptors (Lipinski definition) is 5. The van der Waals surface area contributed by atoms with Gasteiger partial charge in [-0.15, -0.1) is 0 Å². The van der Waals surface area contributed by atoms with E-state index in [-0.39, 0.29) is 23.9 Å². The second-order valence-corrected chi connectivity index (χ2v) is 5.67. The molecule has 0 saturated heterocycles. The van der Waals surface area contributed by atoms with Crippen LogP contribution >= 0.6 is 0 Å². The van der Waals surface area contributed by atoms with E-state index in [1.54, 1.807) is 34.6 Å². The number of rotatable bonds is 4. The van der Waals surface area contributed by atoms with Crippen molar-refractivity contribution in [1.29, 1.82) is 0 Å². The minimum absolute atomic E-state index is 0.00574. The van der Waals surface area contributed by atoms with Crippen LogP contribution in [0.5, 0.6) is 0 Å². The first-order valence-corrected chi connectivity index (χ1v) is 6.28. The normalized spacial score (nSPS) is 11.5. The minimum Gasteiger partial charge on any atom is -0.478 e. The molecule has 1 aromatic heterocycles. The van der Waals surface area contributed by atoms with E-state index in [2.05, 4.69) is 5.16 Å². The Morgan fingerprint density at radius 2 is 2.05 bits per heavy atom. The molecule has 0 fully saturated rings. The molecule has 7 heteroatoms. The number of carbonyl (C=O) groups is 2. The molecule has 1 amide bonds. The standard InChI is InChI=1S/C13H20N2O5/c1-8(2)15(12(18)19-13(3,4)5)7-10-9(11(16)17)6-14-20-10/h6,8H,7H2,1-5H3,(H,16,17). The van der Waals surface area contributed by atoms with Gasteiger partial charge in [-0.1, -0.05) is 5.16 Å². The summed E-state index contributed by atoms with van der Waals surface area (Å²) in [6.07, 6.45) is 0.589. The molecule has 20 heavy (non-hydrogen) atoms. The Hall–Kier alpha value is -2.05. The Labute approximate surface area is 117 Å². The van der Waals surface area contributed by atoms with Crippen LogP contribution in [0.25, 0.3) is 0 Å². The summed E-state index contributed by atoms with van der Waals surface area (Å²) >= 11 is 0. The maximum absolute atomic E-state index is 12.1. The average Bonchev–Trinajstić information content (AvgIpc) is 2.70. The summed E-state index contributed by atoms with van der Waals surface area (Å²) in [7, 11) is 0. The number of amides is 1. The molecule has 0 aliphatic rings. The molecule has 1 heterocycles. The van der Waals surface area contributed by atoms with E-state index in [1.165, 1.54) is 4.90 Å². The molecule has 1 aromatic rings. The Balaban J connectivity index is 2.90. The van der Waals surface area contributed by atoms with E-state index < -0.39 is 17.7 Å². The third-order valence-electron chi connectivity index (χ3n) is 2.44. The first-order valence-electron chi connectivity index (χ1n) is 6.28. The molecule has 0 bridgehead atoms. The lowest BCUT2D eigenvalue weighted by molar-refractivity contribution is 0.0151. The maximum Gasteiger partial charge on any atom is 0.410 e. The molecule has 0 aliphatic carbocycles. The van der Waals surface area contributed by atoms with Crippen molar-refractivity contribution in [3.8, 4) is 0 Å². The minimum atomic E-state index is -1.14. The highest BCUT2D eigenvalue weighted by Gasteiger charge is 2.27. The fourth-order valence-electron chi connectivity index (χ4n) is 1.49. The number of aromatic nitrogens is 1. The highest BCUT2D eigenvalue weighted by Crippen LogP contribution is 2.17. The van der Waals surface area contributed by atoms with Gasteiger partial charge in [0.05, 0.1) is 12.7 Å². The quantitative estimate of drug-likeness (QED) is 0.913. The van der Waals surface area contributed by atoms with Crippen LogP contribution in [-0.4, -0.2) is 38.9 Å². The van der Waals surface area contributed by atoms with E-state index >= 15 is 0 Å². The summed E-state index contributed by atoms with van der Waals surface area (Å²) in [6.45, 7) is 8.90. The third kappa shape index (κ3) is 4.25.